The van der Waals surface area contributed by atoms with Gasteiger partial charge < -0.3 is 10.0 Å². The van der Waals surface area contributed by atoms with Crippen LogP contribution in [0.15, 0.2) is 0 Å². The topological polar surface area (TPSA) is 23.5 Å². The summed E-state index contributed by atoms with van der Waals surface area (Å²) in [6.07, 6.45) is 3.67. The lowest BCUT2D eigenvalue weighted by molar-refractivity contribution is 0.109. The Hall–Kier alpha value is -0.0800. The van der Waals surface area contributed by atoms with E-state index in [1.54, 1.807) is 0 Å². The molecule has 2 unspecified atom stereocenters. The minimum atomic E-state index is 0.350. The number of aliphatic hydroxyl groups is 1. The van der Waals surface area contributed by atoms with E-state index in [4.69, 9.17) is 5.11 Å². The molecular weight excluding hydrogens is 174 g/mol. The first kappa shape index (κ1) is 12.0. The van der Waals surface area contributed by atoms with Crippen LogP contribution in [0.3, 0.4) is 0 Å². The molecule has 0 aromatic rings. The predicted molar refractivity (Wildman–Crippen MR) is 60.3 cm³/mol. The second-order valence-electron chi connectivity index (χ2n) is 5.08. The van der Waals surface area contributed by atoms with Crippen LogP contribution in [0.2, 0.25) is 0 Å². The van der Waals surface area contributed by atoms with E-state index in [2.05, 4.69) is 25.8 Å². The van der Waals surface area contributed by atoms with Gasteiger partial charge in [0.2, 0.25) is 0 Å². The lowest BCUT2D eigenvalue weighted by Crippen LogP contribution is -2.37. The number of nitrogens with zero attached hydrogens (tertiary/aromatic N) is 1. The zero-order valence-electron chi connectivity index (χ0n) is 9.87. The largest absolute Gasteiger partial charge is 0.396 e. The van der Waals surface area contributed by atoms with E-state index in [1.807, 2.05) is 0 Å². The van der Waals surface area contributed by atoms with Gasteiger partial charge in [0.25, 0.3) is 0 Å². The van der Waals surface area contributed by atoms with Gasteiger partial charge in [-0.15, -0.1) is 0 Å². The van der Waals surface area contributed by atoms with Crippen LogP contribution in [0.5, 0.6) is 0 Å². The van der Waals surface area contributed by atoms with Crippen molar-refractivity contribution in [3.63, 3.8) is 0 Å². The molecule has 0 aliphatic carbocycles. The molecule has 0 saturated carbocycles. The molecule has 2 atom stereocenters. The average Bonchev–Trinajstić information content (AvgIpc) is 2.13. The second-order valence-corrected chi connectivity index (χ2v) is 5.08. The van der Waals surface area contributed by atoms with Crippen molar-refractivity contribution in [1.82, 2.24) is 4.90 Å². The quantitative estimate of drug-likeness (QED) is 0.748. The highest BCUT2D eigenvalue weighted by Crippen LogP contribution is 2.30. The van der Waals surface area contributed by atoms with E-state index in [0.717, 1.165) is 12.3 Å². The maximum Gasteiger partial charge on any atom is 0.0433 e. The van der Waals surface area contributed by atoms with Crippen molar-refractivity contribution < 1.29 is 5.11 Å². The lowest BCUT2D eigenvalue weighted by Gasteiger charge is -2.36. The summed E-state index contributed by atoms with van der Waals surface area (Å²) in [4.78, 5) is 2.43. The van der Waals surface area contributed by atoms with Crippen LogP contribution >= 0.6 is 0 Å². The van der Waals surface area contributed by atoms with Crippen LogP contribution in [-0.2, 0) is 0 Å². The highest BCUT2D eigenvalue weighted by molar-refractivity contribution is 4.79. The minimum Gasteiger partial charge on any atom is -0.396 e. The van der Waals surface area contributed by atoms with Crippen molar-refractivity contribution >= 4 is 0 Å². The van der Waals surface area contributed by atoms with Crippen LogP contribution in [0, 0.1) is 17.8 Å². The van der Waals surface area contributed by atoms with E-state index in [-0.39, 0.29) is 0 Å². The first-order valence-corrected chi connectivity index (χ1v) is 5.94. The Labute approximate surface area is 88.3 Å². The normalized spacial score (nSPS) is 26.8. The Kier molecular flexibility index (Phi) is 4.90. The lowest BCUT2D eigenvalue weighted by atomic mass is 9.77. The molecule has 14 heavy (non-hydrogen) atoms. The summed E-state index contributed by atoms with van der Waals surface area (Å²) in [5.41, 5.74) is 0. The first-order chi connectivity index (χ1) is 6.65. The molecule has 2 heteroatoms. The number of likely N-dealkylation sites (tertiary alicyclic amines) is 1. The van der Waals surface area contributed by atoms with Crippen LogP contribution < -0.4 is 0 Å². The van der Waals surface area contributed by atoms with Gasteiger partial charge in [-0.3, -0.25) is 0 Å². The molecule has 1 saturated heterocycles. The van der Waals surface area contributed by atoms with Crippen molar-refractivity contribution in [3.8, 4) is 0 Å². The zero-order chi connectivity index (χ0) is 10.6. The van der Waals surface area contributed by atoms with Gasteiger partial charge >= 0.3 is 0 Å². The molecule has 2 nitrogen and oxygen atoms in total. The molecule has 0 aromatic heterocycles. The van der Waals surface area contributed by atoms with E-state index in [1.165, 1.54) is 25.9 Å². The summed E-state index contributed by atoms with van der Waals surface area (Å²) >= 11 is 0. The molecule has 1 fully saturated rings. The van der Waals surface area contributed by atoms with Gasteiger partial charge in [0.05, 0.1) is 0 Å². The molecule has 0 amide bonds. The number of hydrogen-bond acceptors (Lipinski definition) is 2. The molecule has 0 bridgehead atoms. The summed E-state index contributed by atoms with van der Waals surface area (Å²) < 4.78 is 0. The Morgan fingerprint density at radius 3 is 2.64 bits per heavy atom. The van der Waals surface area contributed by atoms with Gasteiger partial charge in [-0.25, -0.2) is 0 Å². The fraction of sp³-hybridized carbons (Fsp3) is 1.00. The van der Waals surface area contributed by atoms with E-state index >= 15 is 0 Å². The third kappa shape index (κ3) is 3.25. The van der Waals surface area contributed by atoms with Gasteiger partial charge in [-0.2, -0.15) is 0 Å². The molecule has 1 heterocycles. The first-order valence-electron chi connectivity index (χ1n) is 5.94. The third-order valence-electron chi connectivity index (χ3n) is 3.59. The van der Waals surface area contributed by atoms with Crippen molar-refractivity contribution in [2.75, 3.05) is 26.7 Å². The molecule has 0 aromatic carbocycles. The number of aliphatic hydroxyl groups excluding tert-OH is 1. The Morgan fingerprint density at radius 1 is 1.43 bits per heavy atom. The predicted octanol–water partition coefficient (Wildman–Crippen LogP) is 1.98. The van der Waals surface area contributed by atoms with Crippen molar-refractivity contribution in [1.29, 1.82) is 0 Å². The molecule has 1 aliphatic heterocycles. The molecule has 0 radical (unpaired) electrons. The van der Waals surface area contributed by atoms with Crippen molar-refractivity contribution in [2.24, 2.45) is 17.8 Å². The Balaban J connectivity index is 2.48. The molecule has 1 rings (SSSR count). The van der Waals surface area contributed by atoms with E-state index < -0.39 is 0 Å². The summed E-state index contributed by atoms with van der Waals surface area (Å²) in [5, 5.41) is 9.07. The van der Waals surface area contributed by atoms with E-state index in [0.29, 0.717) is 18.4 Å². The van der Waals surface area contributed by atoms with Gasteiger partial charge in [0, 0.05) is 13.2 Å². The van der Waals surface area contributed by atoms with Gasteiger partial charge in [0.15, 0.2) is 0 Å². The maximum absolute atomic E-state index is 9.07. The molecule has 1 N–H and O–H groups in total. The summed E-state index contributed by atoms with van der Waals surface area (Å²) in [7, 11) is 2.21. The summed E-state index contributed by atoms with van der Waals surface area (Å²) in [6.45, 7) is 7.40. The fourth-order valence-corrected chi connectivity index (χ4v) is 2.82. The fourth-order valence-electron chi connectivity index (χ4n) is 2.82. The average molecular weight is 199 g/mol. The maximum atomic E-state index is 9.07. The Morgan fingerprint density at radius 2 is 2.14 bits per heavy atom. The monoisotopic (exact) mass is 199 g/mol. The molecule has 1 aliphatic rings. The molecule has 0 spiro atoms. The van der Waals surface area contributed by atoms with Crippen LogP contribution in [0.25, 0.3) is 0 Å². The van der Waals surface area contributed by atoms with Crippen molar-refractivity contribution in [3.05, 3.63) is 0 Å². The van der Waals surface area contributed by atoms with Crippen LogP contribution in [-0.4, -0.2) is 36.8 Å². The Bertz CT molecular complexity index is 158. The molecular formula is C12H25NO. The highest BCUT2D eigenvalue weighted by atomic mass is 16.3. The highest BCUT2D eigenvalue weighted by Gasteiger charge is 2.27. The number of hydrogen-bond donors (Lipinski definition) is 1. The standard InChI is InChI=1S/C12H25NO/c1-10(2)12(6-8-14)11-5-4-7-13(3)9-11/h10-12,14H,4-9H2,1-3H3. The zero-order valence-corrected chi connectivity index (χ0v) is 9.87. The van der Waals surface area contributed by atoms with E-state index in [9.17, 15) is 0 Å². The van der Waals surface area contributed by atoms with Crippen molar-refractivity contribution in [2.45, 2.75) is 33.1 Å². The SMILES string of the molecule is CC(C)C(CCO)C1CCCN(C)C1. The van der Waals surface area contributed by atoms with Crippen LogP contribution in [0.4, 0.5) is 0 Å². The summed E-state index contributed by atoms with van der Waals surface area (Å²) in [5.74, 6) is 2.22. The minimum absolute atomic E-state index is 0.350. The number of rotatable bonds is 4. The second kappa shape index (κ2) is 5.72. The molecule has 84 valence electrons. The van der Waals surface area contributed by atoms with Gasteiger partial charge in [0.1, 0.15) is 0 Å². The third-order valence-corrected chi connectivity index (χ3v) is 3.59. The van der Waals surface area contributed by atoms with Gasteiger partial charge in [-0.05, 0) is 50.6 Å². The van der Waals surface area contributed by atoms with Crippen LogP contribution in [0.1, 0.15) is 33.1 Å². The smallest absolute Gasteiger partial charge is 0.0433 e. The number of piperidine rings is 1. The summed E-state index contributed by atoms with van der Waals surface area (Å²) in [6, 6.07) is 0. The van der Waals surface area contributed by atoms with Gasteiger partial charge in [-0.1, -0.05) is 13.8 Å².